The van der Waals surface area contributed by atoms with E-state index in [-0.39, 0.29) is 18.4 Å². The van der Waals surface area contributed by atoms with Crippen LogP contribution >= 0.6 is 0 Å². The second-order valence-electron chi connectivity index (χ2n) is 1.70. The third kappa shape index (κ3) is 5.56. The van der Waals surface area contributed by atoms with E-state index in [0.29, 0.717) is 0 Å². The second kappa shape index (κ2) is 8.43. The number of amides is 1. The van der Waals surface area contributed by atoms with E-state index in [0.717, 1.165) is 0 Å². The minimum atomic E-state index is -0.278. The average Bonchev–Trinajstić information content (AvgIpc) is 2.05. The van der Waals surface area contributed by atoms with E-state index in [1.54, 1.807) is 14.0 Å². The summed E-state index contributed by atoms with van der Waals surface area (Å²) in [6.45, 7) is 5.58. The molecule has 0 spiro atoms. The van der Waals surface area contributed by atoms with Crippen LogP contribution in [0.3, 0.4) is 0 Å². The van der Waals surface area contributed by atoms with Crippen LogP contribution in [0.2, 0.25) is 0 Å². The van der Waals surface area contributed by atoms with Crippen molar-refractivity contribution in [2.75, 3.05) is 13.7 Å². The molecule has 0 aliphatic rings. The SMILES string of the molecule is CC.CNC(=O)C(C)CO. The van der Waals surface area contributed by atoms with Crippen LogP contribution in [0.1, 0.15) is 20.8 Å². The van der Waals surface area contributed by atoms with E-state index in [9.17, 15) is 4.79 Å². The van der Waals surface area contributed by atoms with Crippen molar-refractivity contribution in [3.63, 3.8) is 0 Å². The van der Waals surface area contributed by atoms with Gasteiger partial charge < -0.3 is 10.4 Å². The highest BCUT2D eigenvalue weighted by molar-refractivity contribution is 5.77. The predicted octanol–water partition coefficient (Wildman–Crippen LogP) is 0.387. The summed E-state index contributed by atoms with van der Waals surface area (Å²) in [6, 6.07) is 0. The van der Waals surface area contributed by atoms with Crippen LogP contribution in [0.25, 0.3) is 0 Å². The molecule has 0 bridgehead atoms. The molecule has 0 heterocycles. The molecule has 0 aliphatic heterocycles. The Morgan fingerprint density at radius 1 is 1.60 bits per heavy atom. The fourth-order valence-electron chi connectivity index (χ4n) is 0.329. The molecular weight excluding hydrogens is 130 g/mol. The van der Waals surface area contributed by atoms with E-state index in [2.05, 4.69) is 5.32 Å². The van der Waals surface area contributed by atoms with Gasteiger partial charge in [0.2, 0.25) is 5.91 Å². The monoisotopic (exact) mass is 147 g/mol. The number of hydrogen-bond acceptors (Lipinski definition) is 2. The summed E-state index contributed by atoms with van der Waals surface area (Å²) >= 11 is 0. The first-order valence-electron chi connectivity index (χ1n) is 3.54. The summed E-state index contributed by atoms with van der Waals surface area (Å²) in [6.07, 6.45) is 0. The van der Waals surface area contributed by atoms with Gasteiger partial charge in [-0.1, -0.05) is 20.8 Å². The van der Waals surface area contributed by atoms with E-state index >= 15 is 0 Å². The molecule has 0 fully saturated rings. The van der Waals surface area contributed by atoms with E-state index < -0.39 is 0 Å². The molecule has 10 heavy (non-hydrogen) atoms. The fourth-order valence-corrected chi connectivity index (χ4v) is 0.329. The molecule has 1 unspecified atom stereocenters. The maximum absolute atomic E-state index is 10.5. The molecule has 1 atom stereocenters. The second-order valence-corrected chi connectivity index (χ2v) is 1.70. The van der Waals surface area contributed by atoms with Gasteiger partial charge in [-0.15, -0.1) is 0 Å². The Labute approximate surface area is 62.4 Å². The van der Waals surface area contributed by atoms with Crippen LogP contribution < -0.4 is 5.32 Å². The van der Waals surface area contributed by atoms with E-state index in [1.165, 1.54) is 0 Å². The lowest BCUT2D eigenvalue weighted by Gasteiger charge is -2.03. The van der Waals surface area contributed by atoms with Gasteiger partial charge in [-0.3, -0.25) is 4.79 Å². The zero-order valence-electron chi connectivity index (χ0n) is 7.14. The summed E-state index contributed by atoms with van der Waals surface area (Å²) in [5, 5.41) is 10.8. The van der Waals surface area contributed by atoms with Crippen LogP contribution in [0.5, 0.6) is 0 Å². The lowest BCUT2D eigenvalue weighted by molar-refractivity contribution is -0.125. The molecule has 0 aliphatic carbocycles. The Balaban J connectivity index is 0. The van der Waals surface area contributed by atoms with Gasteiger partial charge in [0.15, 0.2) is 0 Å². The Hall–Kier alpha value is -0.570. The van der Waals surface area contributed by atoms with Crippen molar-refractivity contribution in [3.05, 3.63) is 0 Å². The van der Waals surface area contributed by atoms with Crippen LogP contribution in [0, 0.1) is 5.92 Å². The molecule has 3 nitrogen and oxygen atoms in total. The Kier molecular flexibility index (Phi) is 10.2. The van der Waals surface area contributed by atoms with Crippen molar-refractivity contribution in [2.24, 2.45) is 5.92 Å². The van der Waals surface area contributed by atoms with Crippen molar-refractivity contribution < 1.29 is 9.90 Å². The molecule has 0 aromatic carbocycles. The van der Waals surface area contributed by atoms with Crippen molar-refractivity contribution in [3.8, 4) is 0 Å². The summed E-state index contributed by atoms with van der Waals surface area (Å²) in [7, 11) is 1.55. The highest BCUT2D eigenvalue weighted by Crippen LogP contribution is 1.89. The summed E-state index contributed by atoms with van der Waals surface area (Å²) in [4.78, 5) is 10.5. The standard InChI is InChI=1S/C5H11NO2.C2H6/c1-4(3-7)5(8)6-2;1-2/h4,7H,3H2,1-2H3,(H,6,8);1-2H3. The number of carbonyl (C=O) groups is 1. The Bertz CT molecular complexity index is 83.7. The van der Waals surface area contributed by atoms with Gasteiger partial charge >= 0.3 is 0 Å². The topological polar surface area (TPSA) is 49.3 Å². The van der Waals surface area contributed by atoms with E-state index in [4.69, 9.17) is 5.11 Å². The van der Waals surface area contributed by atoms with Crippen molar-refractivity contribution in [1.29, 1.82) is 0 Å². The van der Waals surface area contributed by atoms with Gasteiger partial charge in [-0.05, 0) is 0 Å². The van der Waals surface area contributed by atoms with E-state index in [1.807, 2.05) is 13.8 Å². The number of hydrogen-bond donors (Lipinski definition) is 2. The highest BCUT2D eigenvalue weighted by atomic mass is 16.3. The summed E-state index contributed by atoms with van der Waals surface area (Å²) < 4.78 is 0. The maximum atomic E-state index is 10.5. The quantitative estimate of drug-likeness (QED) is 0.593. The zero-order valence-corrected chi connectivity index (χ0v) is 7.14. The van der Waals surface area contributed by atoms with Crippen molar-refractivity contribution in [1.82, 2.24) is 5.32 Å². The third-order valence-electron chi connectivity index (χ3n) is 0.968. The minimum Gasteiger partial charge on any atom is -0.396 e. The lowest BCUT2D eigenvalue weighted by atomic mass is 10.2. The van der Waals surface area contributed by atoms with Crippen LogP contribution in [-0.4, -0.2) is 24.7 Å². The first kappa shape index (κ1) is 12.1. The van der Waals surface area contributed by atoms with Gasteiger partial charge in [-0.25, -0.2) is 0 Å². The number of carbonyl (C=O) groups excluding carboxylic acids is 1. The lowest BCUT2D eigenvalue weighted by Crippen LogP contribution is -2.27. The molecule has 0 saturated carbocycles. The smallest absolute Gasteiger partial charge is 0.224 e. The molecule has 0 aromatic rings. The maximum Gasteiger partial charge on any atom is 0.224 e. The molecule has 2 N–H and O–H groups in total. The van der Waals surface area contributed by atoms with Gasteiger partial charge in [-0.2, -0.15) is 0 Å². The third-order valence-corrected chi connectivity index (χ3v) is 0.968. The minimum absolute atomic E-state index is 0.0837. The number of rotatable bonds is 2. The summed E-state index contributed by atoms with van der Waals surface area (Å²) in [5.41, 5.74) is 0. The number of aliphatic hydroxyl groups is 1. The van der Waals surface area contributed by atoms with Gasteiger partial charge in [0.25, 0.3) is 0 Å². The molecule has 0 saturated heterocycles. The largest absolute Gasteiger partial charge is 0.396 e. The highest BCUT2D eigenvalue weighted by Gasteiger charge is 2.06. The molecular formula is C7H17NO2. The van der Waals surface area contributed by atoms with Crippen molar-refractivity contribution in [2.45, 2.75) is 20.8 Å². The van der Waals surface area contributed by atoms with Gasteiger partial charge in [0.05, 0.1) is 12.5 Å². The predicted molar refractivity (Wildman–Crippen MR) is 41.7 cm³/mol. The van der Waals surface area contributed by atoms with Crippen LogP contribution in [0.4, 0.5) is 0 Å². The van der Waals surface area contributed by atoms with Crippen LogP contribution in [0.15, 0.2) is 0 Å². The number of aliphatic hydroxyl groups excluding tert-OH is 1. The fraction of sp³-hybridized carbons (Fsp3) is 0.857. The van der Waals surface area contributed by atoms with Gasteiger partial charge in [0, 0.05) is 7.05 Å². The Morgan fingerprint density at radius 3 is 2.10 bits per heavy atom. The molecule has 0 radical (unpaired) electrons. The number of nitrogens with one attached hydrogen (secondary N) is 1. The molecule has 62 valence electrons. The van der Waals surface area contributed by atoms with Gasteiger partial charge in [0.1, 0.15) is 0 Å². The summed E-state index contributed by atoms with van der Waals surface area (Å²) in [5.74, 6) is -0.396. The first-order chi connectivity index (χ1) is 4.72. The molecule has 0 rings (SSSR count). The Morgan fingerprint density at radius 2 is 2.00 bits per heavy atom. The first-order valence-corrected chi connectivity index (χ1v) is 3.54. The molecule has 0 aromatic heterocycles. The van der Waals surface area contributed by atoms with Crippen LogP contribution in [-0.2, 0) is 4.79 Å². The molecule has 3 heteroatoms. The zero-order chi connectivity index (χ0) is 8.57. The molecule has 1 amide bonds. The van der Waals surface area contributed by atoms with Crippen molar-refractivity contribution >= 4 is 5.91 Å². The normalized spacial score (nSPS) is 10.9. The average molecular weight is 147 g/mol.